The molecule has 0 saturated heterocycles. The van der Waals surface area contributed by atoms with Crippen molar-refractivity contribution in [3.8, 4) is 22.6 Å². The van der Waals surface area contributed by atoms with Crippen molar-refractivity contribution in [3.05, 3.63) is 53.8 Å². The topological polar surface area (TPSA) is 60.7 Å². The van der Waals surface area contributed by atoms with E-state index in [1.54, 1.807) is 26.6 Å². The molecular formula is C23H25NO4. The van der Waals surface area contributed by atoms with E-state index in [4.69, 9.17) is 13.9 Å². The van der Waals surface area contributed by atoms with Crippen molar-refractivity contribution >= 4 is 22.4 Å². The highest BCUT2D eigenvalue weighted by Gasteiger charge is 2.18. The third-order valence-electron chi connectivity index (χ3n) is 4.77. The van der Waals surface area contributed by atoms with Gasteiger partial charge in [0.25, 0.3) is 0 Å². The molecule has 0 bridgehead atoms. The highest BCUT2D eigenvalue weighted by Crippen LogP contribution is 2.40. The van der Waals surface area contributed by atoms with E-state index in [0.29, 0.717) is 12.3 Å². The number of hydrogen-bond donors (Lipinski definition) is 1. The van der Waals surface area contributed by atoms with Crippen LogP contribution in [0.5, 0.6) is 11.5 Å². The zero-order valence-electron chi connectivity index (χ0n) is 16.9. The van der Waals surface area contributed by atoms with Crippen LogP contribution in [0.15, 0.2) is 47.1 Å². The van der Waals surface area contributed by atoms with Gasteiger partial charge in [-0.2, -0.15) is 0 Å². The number of allylic oxidation sites excluding steroid dienone is 1. The molecule has 0 aliphatic heterocycles. The van der Waals surface area contributed by atoms with Crippen molar-refractivity contribution in [3.63, 3.8) is 0 Å². The summed E-state index contributed by atoms with van der Waals surface area (Å²) < 4.78 is 16.8. The zero-order valence-corrected chi connectivity index (χ0v) is 16.9. The Labute approximate surface area is 164 Å². The second kappa shape index (κ2) is 8.21. The first-order valence-electron chi connectivity index (χ1n) is 9.19. The normalized spacial score (nSPS) is 11.5. The van der Waals surface area contributed by atoms with E-state index in [2.05, 4.69) is 5.32 Å². The summed E-state index contributed by atoms with van der Waals surface area (Å²) in [6.45, 7) is 6.35. The lowest BCUT2D eigenvalue weighted by molar-refractivity contribution is -0.116. The Balaban J connectivity index is 2.17. The van der Waals surface area contributed by atoms with Crippen molar-refractivity contribution in [1.29, 1.82) is 0 Å². The van der Waals surface area contributed by atoms with Gasteiger partial charge < -0.3 is 19.2 Å². The van der Waals surface area contributed by atoms with Crippen LogP contribution in [0.3, 0.4) is 0 Å². The van der Waals surface area contributed by atoms with E-state index in [0.717, 1.165) is 44.5 Å². The van der Waals surface area contributed by atoms with Crippen LogP contribution in [-0.2, 0) is 4.79 Å². The summed E-state index contributed by atoms with van der Waals surface area (Å²) in [5, 5.41) is 3.77. The highest BCUT2D eigenvalue weighted by atomic mass is 16.5. The lowest BCUT2D eigenvalue weighted by Crippen LogP contribution is -2.20. The molecule has 0 spiro atoms. The molecule has 1 heterocycles. The van der Waals surface area contributed by atoms with Gasteiger partial charge in [-0.15, -0.1) is 0 Å². The van der Waals surface area contributed by atoms with E-state index >= 15 is 0 Å². The Morgan fingerprint density at radius 2 is 1.89 bits per heavy atom. The molecule has 1 amide bonds. The molecule has 0 aliphatic rings. The van der Waals surface area contributed by atoms with Gasteiger partial charge in [-0.1, -0.05) is 12.1 Å². The van der Waals surface area contributed by atoms with E-state index < -0.39 is 0 Å². The number of carbonyl (C=O) groups is 1. The number of aryl methyl sites for hydroxylation is 1. The van der Waals surface area contributed by atoms with Crippen molar-refractivity contribution in [1.82, 2.24) is 5.32 Å². The molecule has 1 N–H and O–H groups in total. The van der Waals surface area contributed by atoms with Gasteiger partial charge >= 0.3 is 0 Å². The number of hydrogen-bond acceptors (Lipinski definition) is 4. The maximum Gasteiger partial charge on any atom is 0.244 e. The van der Waals surface area contributed by atoms with Gasteiger partial charge in [0.05, 0.1) is 20.5 Å². The molecular weight excluding hydrogens is 354 g/mol. The molecule has 0 radical (unpaired) electrons. The van der Waals surface area contributed by atoms with Crippen LogP contribution >= 0.6 is 0 Å². The fraction of sp³-hybridized carbons (Fsp3) is 0.261. The van der Waals surface area contributed by atoms with E-state index in [-0.39, 0.29) is 5.91 Å². The predicted octanol–water partition coefficient (Wildman–Crippen LogP) is 4.96. The molecule has 5 heteroatoms. The molecule has 0 aliphatic carbocycles. The number of benzene rings is 2. The standard InChI is InChI=1S/C23H25NO4/c1-6-24-21(25)11-14(2)18-12-19-20(16-7-9-17(26-4)10-8-16)13-28-23(19)15(3)22(18)27-5/h7-13H,6H2,1-5H3,(H,24,25)/b14-11+. The Hall–Kier alpha value is -3.21. The first kappa shape index (κ1) is 19.5. The molecule has 0 unspecified atom stereocenters. The number of methoxy groups -OCH3 is 2. The Morgan fingerprint density at radius 1 is 1.18 bits per heavy atom. The van der Waals surface area contributed by atoms with Crippen molar-refractivity contribution < 1.29 is 18.7 Å². The van der Waals surface area contributed by atoms with Crippen LogP contribution in [0.1, 0.15) is 25.0 Å². The predicted molar refractivity (Wildman–Crippen MR) is 112 cm³/mol. The largest absolute Gasteiger partial charge is 0.497 e. The van der Waals surface area contributed by atoms with E-state index in [9.17, 15) is 4.79 Å². The maximum atomic E-state index is 12.0. The van der Waals surface area contributed by atoms with Gasteiger partial charge in [0.1, 0.15) is 17.1 Å². The van der Waals surface area contributed by atoms with Gasteiger partial charge in [-0.25, -0.2) is 0 Å². The number of carbonyl (C=O) groups excluding carboxylic acids is 1. The molecule has 0 fully saturated rings. The fourth-order valence-corrected chi connectivity index (χ4v) is 3.37. The van der Waals surface area contributed by atoms with Gasteiger partial charge in [0, 0.05) is 34.7 Å². The Kier molecular flexibility index (Phi) is 5.73. The van der Waals surface area contributed by atoms with Crippen LogP contribution in [0.4, 0.5) is 0 Å². The quantitative estimate of drug-likeness (QED) is 0.615. The SMILES string of the molecule is CCNC(=O)/C=C(\C)c1cc2c(-c3ccc(OC)cc3)coc2c(C)c1OC. The molecule has 28 heavy (non-hydrogen) atoms. The van der Waals surface area contributed by atoms with Crippen LogP contribution in [0.25, 0.3) is 27.7 Å². The second-order valence-corrected chi connectivity index (χ2v) is 6.56. The summed E-state index contributed by atoms with van der Waals surface area (Å²) >= 11 is 0. The minimum Gasteiger partial charge on any atom is -0.497 e. The molecule has 5 nitrogen and oxygen atoms in total. The third-order valence-corrected chi connectivity index (χ3v) is 4.77. The van der Waals surface area contributed by atoms with Crippen LogP contribution in [-0.4, -0.2) is 26.7 Å². The van der Waals surface area contributed by atoms with Crippen molar-refractivity contribution in [2.24, 2.45) is 0 Å². The highest BCUT2D eigenvalue weighted by molar-refractivity contribution is 6.01. The zero-order chi connectivity index (χ0) is 20.3. The monoisotopic (exact) mass is 379 g/mol. The Bertz CT molecular complexity index is 1030. The molecule has 1 aromatic heterocycles. The molecule has 3 rings (SSSR count). The summed E-state index contributed by atoms with van der Waals surface area (Å²) in [4.78, 5) is 12.0. The van der Waals surface area contributed by atoms with Crippen molar-refractivity contribution in [2.75, 3.05) is 20.8 Å². The lowest BCUT2D eigenvalue weighted by Gasteiger charge is -2.13. The molecule has 2 aromatic carbocycles. The third kappa shape index (κ3) is 3.60. The van der Waals surface area contributed by atoms with Gasteiger partial charge in [0.15, 0.2) is 0 Å². The number of amides is 1. The number of ether oxygens (including phenoxy) is 2. The molecule has 3 aromatic rings. The number of furan rings is 1. The summed E-state index contributed by atoms with van der Waals surface area (Å²) in [6, 6.07) is 9.87. The number of nitrogens with one attached hydrogen (secondary N) is 1. The van der Waals surface area contributed by atoms with Gasteiger partial charge in [-0.05, 0) is 50.1 Å². The smallest absolute Gasteiger partial charge is 0.244 e. The average molecular weight is 379 g/mol. The van der Waals surface area contributed by atoms with Gasteiger partial charge in [-0.3, -0.25) is 4.79 Å². The van der Waals surface area contributed by atoms with E-state index in [1.807, 2.05) is 51.1 Å². The summed E-state index contributed by atoms with van der Waals surface area (Å²) in [5.74, 6) is 1.39. The molecule has 0 atom stereocenters. The molecule has 0 saturated carbocycles. The number of likely N-dealkylation sites (N-methyl/N-ethyl adjacent to an activating group) is 1. The summed E-state index contributed by atoms with van der Waals surface area (Å²) in [7, 11) is 3.28. The maximum absolute atomic E-state index is 12.0. The van der Waals surface area contributed by atoms with Crippen molar-refractivity contribution in [2.45, 2.75) is 20.8 Å². The summed E-state index contributed by atoms with van der Waals surface area (Å²) in [5.41, 5.74) is 5.39. The fourth-order valence-electron chi connectivity index (χ4n) is 3.37. The van der Waals surface area contributed by atoms with E-state index in [1.165, 1.54) is 0 Å². The van der Waals surface area contributed by atoms with Crippen LogP contribution in [0.2, 0.25) is 0 Å². The van der Waals surface area contributed by atoms with Crippen LogP contribution in [0, 0.1) is 6.92 Å². The lowest BCUT2D eigenvalue weighted by atomic mass is 9.96. The minimum absolute atomic E-state index is 0.123. The number of fused-ring (bicyclic) bond motifs is 1. The Morgan fingerprint density at radius 3 is 2.50 bits per heavy atom. The van der Waals surface area contributed by atoms with Crippen LogP contribution < -0.4 is 14.8 Å². The van der Waals surface area contributed by atoms with Gasteiger partial charge in [0.2, 0.25) is 5.91 Å². The minimum atomic E-state index is -0.123. The first-order chi connectivity index (χ1) is 13.5. The second-order valence-electron chi connectivity index (χ2n) is 6.56. The molecule has 146 valence electrons. The average Bonchev–Trinajstić information content (AvgIpc) is 3.12. The first-order valence-corrected chi connectivity index (χ1v) is 9.19. The number of rotatable bonds is 6. The summed E-state index contributed by atoms with van der Waals surface area (Å²) in [6.07, 6.45) is 3.35.